The monoisotopic (exact) mass is 239 g/mol. The number of ether oxygens (including phenoxy) is 1. The van der Waals surface area contributed by atoms with E-state index in [1.54, 1.807) is 13.0 Å². The predicted octanol–water partition coefficient (Wildman–Crippen LogP) is 2.92. The van der Waals surface area contributed by atoms with Crippen molar-refractivity contribution in [2.75, 3.05) is 0 Å². The highest BCUT2D eigenvalue weighted by Gasteiger charge is 2.15. The fraction of sp³-hybridized carbons (Fsp3) is 0.333. The maximum Gasteiger partial charge on any atom is 0.387 e. The minimum atomic E-state index is -2.99. The number of Topliss-reactive ketones (excluding diaryl/α,β-unsaturated/α-hetero) is 1. The molecule has 0 atom stereocenters. The topological polar surface area (TPSA) is 50.1 Å². The van der Waals surface area contributed by atoms with Gasteiger partial charge in [-0.25, -0.2) is 0 Å². The SMILES string of the molecule is CCc1cc(OC(F)F)c(C#N)cc1C(C)=O. The zero-order valence-corrected chi connectivity index (χ0v) is 9.46. The number of rotatable bonds is 4. The lowest BCUT2D eigenvalue weighted by Crippen LogP contribution is -2.07. The van der Waals surface area contributed by atoms with Crippen LogP contribution in [0.1, 0.15) is 35.3 Å². The molecule has 0 N–H and O–H groups in total. The Labute approximate surface area is 97.6 Å². The summed E-state index contributed by atoms with van der Waals surface area (Å²) in [5, 5.41) is 8.81. The first-order valence-corrected chi connectivity index (χ1v) is 5.02. The third-order valence-electron chi connectivity index (χ3n) is 2.30. The zero-order chi connectivity index (χ0) is 13.0. The van der Waals surface area contributed by atoms with Gasteiger partial charge in [-0.3, -0.25) is 4.79 Å². The van der Waals surface area contributed by atoms with Crippen LogP contribution in [0.4, 0.5) is 8.78 Å². The summed E-state index contributed by atoms with van der Waals surface area (Å²) in [6, 6.07) is 4.35. The van der Waals surface area contributed by atoms with Gasteiger partial charge in [0.1, 0.15) is 11.8 Å². The van der Waals surface area contributed by atoms with Gasteiger partial charge in [-0.1, -0.05) is 6.92 Å². The average Bonchev–Trinajstić information content (AvgIpc) is 2.27. The smallest absolute Gasteiger partial charge is 0.387 e. The van der Waals surface area contributed by atoms with Gasteiger partial charge in [0, 0.05) is 5.56 Å². The van der Waals surface area contributed by atoms with Gasteiger partial charge in [-0.2, -0.15) is 14.0 Å². The highest BCUT2D eigenvalue weighted by Crippen LogP contribution is 2.25. The maximum absolute atomic E-state index is 12.1. The molecule has 0 saturated carbocycles. The summed E-state index contributed by atoms with van der Waals surface area (Å²) < 4.78 is 28.5. The summed E-state index contributed by atoms with van der Waals surface area (Å²) in [7, 11) is 0. The fourth-order valence-corrected chi connectivity index (χ4v) is 1.52. The molecule has 0 aliphatic rings. The van der Waals surface area contributed by atoms with Crippen LogP contribution < -0.4 is 4.74 Å². The van der Waals surface area contributed by atoms with Crippen LogP contribution in [0.15, 0.2) is 12.1 Å². The molecule has 0 aromatic heterocycles. The van der Waals surface area contributed by atoms with Crippen molar-refractivity contribution in [3.8, 4) is 11.8 Å². The minimum Gasteiger partial charge on any atom is -0.433 e. The number of nitriles is 1. The number of aryl methyl sites for hydroxylation is 1. The number of carbonyl (C=O) groups is 1. The molecular formula is C12H11F2NO2. The summed E-state index contributed by atoms with van der Waals surface area (Å²) in [6.45, 7) is 0.165. The number of hydrogen-bond acceptors (Lipinski definition) is 3. The van der Waals surface area contributed by atoms with E-state index in [0.29, 0.717) is 17.5 Å². The minimum absolute atomic E-state index is 0.0623. The summed E-state index contributed by atoms with van der Waals surface area (Å²) >= 11 is 0. The van der Waals surface area contributed by atoms with E-state index in [0.717, 1.165) is 0 Å². The molecule has 0 fully saturated rings. The van der Waals surface area contributed by atoms with Crippen molar-refractivity contribution < 1.29 is 18.3 Å². The van der Waals surface area contributed by atoms with E-state index >= 15 is 0 Å². The van der Waals surface area contributed by atoms with Gasteiger partial charge in [0.25, 0.3) is 0 Å². The molecule has 3 nitrogen and oxygen atoms in total. The molecule has 1 aromatic carbocycles. The van der Waals surface area contributed by atoms with E-state index in [9.17, 15) is 13.6 Å². The standard InChI is InChI=1S/C12H11F2NO2/c1-3-8-5-11(17-12(13)14)9(6-15)4-10(8)7(2)16/h4-5,12H,3H2,1-2H3. The van der Waals surface area contributed by atoms with Crippen LogP contribution in [0.25, 0.3) is 0 Å². The maximum atomic E-state index is 12.1. The van der Waals surface area contributed by atoms with Crippen molar-refractivity contribution in [2.45, 2.75) is 26.9 Å². The summed E-state index contributed by atoms with van der Waals surface area (Å²) in [5.41, 5.74) is 0.894. The molecule has 90 valence electrons. The number of hydrogen-bond donors (Lipinski definition) is 0. The molecule has 0 amide bonds. The largest absolute Gasteiger partial charge is 0.433 e. The highest BCUT2D eigenvalue weighted by molar-refractivity contribution is 5.96. The molecule has 0 aliphatic heterocycles. The lowest BCUT2D eigenvalue weighted by Gasteiger charge is -2.11. The molecule has 5 heteroatoms. The number of alkyl halides is 2. The van der Waals surface area contributed by atoms with E-state index in [2.05, 4.69) is 4.74 Å². The third-order valence-corrected chi connectivity index (χ3v) is 2.30. The molecule has 0 heterocycles. The average molecular weight is 239 g/mol. The Balaban J connectivity index is 3.34. The van der Waals surface area contributed by atoms with Crippen molar-refractivity contribution in [3.05, 3.63) is 28.8 Å². The van der Waals surface area contributed by atoms with E-state index < -0.39 is 6.61 Å². The molecule has 0 bridgehead atoms. The summed E-state index contributed by atoms with van der Waals surface area (Å²) in [6.07, 6.45) is 0.500. The molecule has 1 aromatic rings. The molecule has 0 saturated heterocycles. The summed E-state index contributed by atoms with van der Waals surface area (Å²) in [5.74, 6) is -0.397. The highest BCUT2D eigenvalue weighted by atomic mass is 19.3. The number of halogens is 2. The van der Waals surface area contributed by atoms with Gasteiger partial charge in [0.05, 0.1) is 5.56 Å². The second-order valence-corrected chi connectivity index (χ2v) is 3.41. The van der Waals surface area contributed by atoms with Crippen LogP contribution in [0, 0.1) is 11.3 Å². The van der Waals surface area contributed by atoms with Gasteiger partial charge >= 0.3 is 6.61 Å². The van der Waals surface area contributed by atoms with Gasteiger partial charge < -0.3 is 4.74 Å². The molecule has 17 heavy (non-hydrogen) atoms. The third kappa shape index (κ3) is 3.00. The van der Waals surface area contributed by atoms with Gasteiger partial charge in [0.2, 0.25) is 0 Å². The Bertz CT molecular complexity index is 478. The van der Waals surface area contributed by atoms with Crippen LogP contribution >= 0.6 is 0 Å². The van der Waals surface area contributed by atoms with Crippen LogP contribution in [0.5, 0.6) is 5.75 Å². The van der Waals surface area contributed by atoms with Gasteiger partial charge in [-0.15, -0.1) is 0 Å². The first-order valence-electron chi connectivity index (χ1n) is 5.02. The first kappa shape index (κ1) is 13.1. The number of nitrogens with zero attached hydrogens (tertiary/aromatic N) is 1. The van der Waals surface area contributed by atoms with Gasteiger partial charge in [0.15, 0.2) is 5.78 Å². The first-order chi connectivity index (χ1) is 7.99. The Kier molecular flexibility index (Phi) is 4.16. The quantitative estimate of drug-likeness (QED) is 0.759. The van der Waals surface area contributed by atoms with Crippen LogP contribution in [0.2, 0.25) is 0 Å². The van der Waals surface area contributed by atoms with E-state index in [-0.39, 0.29) is 17.1 Å². The van der Waals surface area contributed by atoms with Crippen molar-refractivity contribution in [2.24, 2.45) is 0 Å². The number of benzene rings is 1. The van der Waals surface area contributed by atoms with E-state index in [4.69, 9.17) is 5.26 Å². The van der Waals surface area contributed by atoms with E-state index in [1.807, 2.05) is 0 Å². The second kappa shape index (κ2) is 5.39. The fourth-order valence-electron chi connectivity index (χ4n) is 1.52. The molecule has 0 spiro atoms. The normalized spacial score (nSPS) is 10.1. The van der Waals surface area contributed by atoms with Crippen LogP contribution in [0.3, 0.4) is 0 Å². The molecule has 0 unspecified atom stereocenters. The Morgan fingerprint density at radius 3 is 2.59 bits per heavy atom. The van der Waals surface area contributed by atoms with Crippen molar-refractivity contribution in [3.63, 3.8) is 0 Å². The number of carbonyl (C=O) groups excluding carboxylic acids is 1. The molecule has 1 rings (SSSR count). The number of ketones is 1. The lowest BCUT2D eigenvalue weighted by molar-refractivity contribution is -0.0500. The van der Waals surface area contributed by atoms with Crippen LogP contribution in [-0.2, 0) is 6.42 Å². The molecule has 0 radical (unpaired) electrons. The molecular weight excluding hydrogens is 228 g/mol. The summed E-state index contributed by atoms with van der Waals surface area (Å²) in [4.78, 5) is 11.3. The molecule has 0 aliphatic carbocycles. The van der Waals surface area contributed by atoms with Crippen LogP contribution in [-0.4, -0.2) is 12.4 Å². The Morgan fingerprint density at radius 1 is 1.53 bits per heavy atom. The van der Waals surface area contributed by atoms with Crippen molar-refractivity contribution in [1.82, 2.24) is 0 Å². The second-order valence-electron chi connectivity index (χ2n) is 3.41. The van der Waals surface area contributed by atoms with Gasteiger partial charge in [-0.05, 0) is 31.0 Å². The lowest BCUT2D eigenvalue weighted by atomic mass is 9.99. The zero-order valence-electron chi connectivity index (χ0n) is 9.46. The van der Waals surface area contributed by atoms with Crippen molar-refractivity contribution in [1.29, 1.82) is 5.26 Å². The predicted molar refractivity (Wildman–Crippen MR) is 57.2 cm³/mol. The van der Waals surface area contributed by atoms with Crippen molar-refractivity contribution >= 4 is 5.78 Å². The van der Waals surface area contributed by atoms with E-state index in [1.165, 1.54) is 19.1 Å². The Hall–Kier alpha value is -1.96. The Morgan fingerprint density at radius 2 is 2.18 bits per heavy atom.